The molecule has 0 aliphatic heterocycles. The highest BCUT2D eigenvalue weighted by molar-refractivity contribution is 5.95. The molecule has 2 rings (SSSR count). The number of methoxy groups -OCH3 is 3. The number of anilines is 2. The van der Waals surface area contributed by atoms with Crippen molar-refractivity contribution < 1.29 is 28.9 Å². The maximum atomic E-state index is 12.5. The summed E-state index contributed by atoms with van der Waals surface area (Å²) in [5.74, 6) is -0.196. The fourth-order valence-corrected chi connectivity index (χ4v) is 2.57. The smallest absolute Gasteiger partial charge is 0.323 e. The molecule has 0 saturated carbocycles. The maximum absolute atomic E-state index is 12.5. The van der Waals surface area contributed by atoms with Crippen molar-refractivity contribution in [2.75, 3.05) is 44.6 Å². The van der Waals surface area contributed by atoms with E-state index in [9.17, 15) is 9.59 Å². The van der Waals surface area contributed by atoms with Crippen LogP contribution in [0.1, 0.15) is 0 Å². The molecular weight excluding hydrogens is 352 g/mol. The average Bonchev–Trinajstić information content (AvgIpc) is 2.66. The molecule has 144 valence electrons. The Kier molecular flexibility index (Phi) is 6.87. The lowest BCUT2D eigenvalue weighted by atomic mass is 10.2. The second kappa shape index (κ2) is 9.33. The van der Waals surface area contributed by atoms with Crippen molar-refractivity contribution in [3.05, 3.63) is 42.5 Å². The molecule has 0 heterocycles. The van der Waals surface area contributed by atoms with E-state index in [-0.39, 0.29) is 19.0 Å². The molecule has 2 N–H and O–H groups in total. The predicted octanol–water partition coefficient (Wildman–Crippen LogP) is 2.24. The van der Waals surface area contributed by atoms with E-state index in [1.807, 2.05) is 6.07 Å². The van der Waals surface area contributed by atoms with Crippen molar-refractivity contribution in [2.24, 2.45) is 0 Å². The monoisotopic (exact) mass is 374 g/mol. The van der Waals surface area contributed by atoms with Crippen LogP contribution in [-0.4, -0.2) is 51.4 Å². The van der Waals surface area contributed by atoms with Gasteiger partial charge in [-0.05, 0) is 12.1 Å². The molecule has 0 atom stereocenters. The molecule has 2 aromatic rings. The number of amides is 1. The average molecular weight is 374 g/mol. The van der Waals surface area contributed by atoms with Gasteiger partial charge in [-0.2, -0.15) is 0 Å². The number of ether oxygens (including phenoxy) is 3. The van der Waals surface area contributed by atoms with E-state index in [1.165, 1.54) is 26.2 Å². The summed E-state index contributed by atoms with van der Waals surface area (Å²) >= 11 is 0. The number of rotatable bonds is 9. The molecule has 2 aromatic carbocycles. The normalized spacial score (nSPS) is 10.0. The quantitative estimate of drug-likeness (QED) is 0.695. The first kappa shape index (κ1) is 19.9. The number of hydrogen-bond donors (Lipinski definition) is 2. The van der Waals surface area contributed by atoms with Crippen LogP contribution in [0.4, 0.5) is 11.4 Å². The zero-order valence-electron chi connectivity index (χ0n) is 15.4. The number of aliphatic carboxylic acids is 1. The van der Waals surface area contributed by atoms with Crippen molar-refractivity contribution in [2.45, 2.75) is 0 Å². The lowest BCUT2D eigenvalue weighted by Crippen LogP contribution is -2.37. The van der Waals surface area contributed by atoms with Crippen molar-refractivity contribution in [1.29, 1.82) is 0 Å². The highest BCUT2D eigenvalue weighted by atomic mass is 16.5. The molecule has 0 radical (unpaired) electrons. The van der Waals surface area contributed by atoms with Crippen molar-refractivity contribution in [3.63, 3.8) is 0 Å². The summed E-state index contributed by atoms with van der Waals surface area (Å²) in [6.45, 7) is -0.431. The van der Waals surface area contributed by atoms with E-state index in [0.29, 0.717) is 28.6 Å². The van der Waals surface area contributed by atoms with Crippen LogP contribution in [0.5, 0.6) is 17.2 Å². The van der Waals surface area contributed by atoms with Gasteiger partial charge >= 0.3 is 5.97 Å². The Morgan fingerprint density at radius 3 is 2.04 bits per heavy atom. The minimum atomic E-state index is -1.03. The lowest BCUT2D eigenvalue weighted by Gasteiger charge is -2.22. The first-order chi connectivity index (χ1) is 13.0. The zero-order chi connectivity index (χ0) is 19.8. The van der Waals surface area contributed by atoms with Gasteiger partial charge in [0.1, 0.15) is 6.54 Å². The molecular formula is C19H22N2O6. The number of carboxylic acids is 1. The van der Waals surface area contributed by atoms with Crippen LogP contribution in [0.15, 0.2) is 42.5 Å². The summed E-state index contributed by atoms with van der Waals surface area (Å²) in [5, 5.41) is 11.8. The van der Waals surface area contributed by atoms with Crippen molar-refractivity contribution >= 4 is 23.3 Å². The van der Waals surface area contributed by atoms with Crippen LogP contribution in [0.2, 0.25) is 0 Å². The van der Waals surface area contributed by atoms with Gasteiger partial charge in [0.15, 0.2) is 11.5 Å². The largest absolute Gasteiger partial charge is 0.493 e. The van der Waals surface area contributed by atoms with E-state index in [1.54, 1.807) is 36.4 Å². The number of benzene rings is 2. The Morgan fingerprint density at radius 1 is 0.963 bits per heavy atom. The van der Waals surface area contributed by atoms with Gasteiger partial charge < -0.3 is 29.5 Å². The van der Waals surface area contributed by atoms with E-state index >= 15 is 0 Å². The molecule has 0 aromatic heterocycles. The fourth-order valence-electron chi connectivity index (χ4n) is 2.57. The van der Waals surface area contributed by atoms with Crippen molar-refractivity contribution in [1.82, 2.24) is 0 Å². The van der Waals surface area contributed by atoms with E-state index < -0.39 is 5.97 Å². The molecule has 0 spiro atoms. The topological polar surface area (TPSA) is 97.3 Å². The summed E-state index contributed by atoms with van der Waals surface area (Å²) in [6.07, 6.45) is 0. The number of carboxylic acid groups (broad SMARTS) is 1. The zero-order valence-corrected chi connectivity index (χ0v) is 15.4. The fraction of sp³-hybridized carbons (Fsp3) is 0.263. The molecule has 8 nitrogen and oxygen atoms in total. The standard InChI is InChI=1S/C19H22N2O6/c1-25-15-9-13(10-16(26-2)19(15)27-3)20-17(22)11-21(12-18(23)24)14-7-5-4-6-8-14/h4-10H,11-12H2,1-3H3,(H,20,22)(H,23,24). The van der Waals surface area contributed by atoms with Crippen LogP contribution in [-0.2, 0) is 9.59 Å². The minimum Gasteiger partial charge on any atom is -0.493 e. The molecule has 0 unspecified atom stereocenters. The van der Waals surface area contributed by atoms with Crippen LogP contribution < -0.4 is 24.4 Å². The van der Waals surface area contributed by atoms with E-state index in [4.69, 9.17) is 19.3 Å². The third kappa shape index (κ3) is 5.27. The number of carbonyl (C=O) groups excluding carboxylic acids is 1. The van der Waals surface area contributed by atoms with Gasteiger partial charge in [0, 0.05) is 23.5 Å². The Labute approximate surface area is 157 Å². The minimum absolute atomic E-state index is 0.132. The van der Waals surface area contributed by atoms with E-state index in [0.717, 1.165) is 0 Å². The Morgan fingerprint density at radius 2 is 1.56 bits per heavy atom. The van der Waals surface area contributed by atoms with Gasteiger partial charge in [-0.25, -0.2) is 0 Å². The Bertz CT molecular complexity index is 769. The van der Waals surface area contributed by atoms with Crippen LogP contribution in [0, 0.1) is 0 Å². The Hall–Kier alpha value is -3.42. The number of hydrogen-bond acceptors (Lipinski definition) is 6. The number of para-hydroxylation sites is 1. The van der Waals surface area contributed by atoms with Gasteiger partial charge in [0.25, 0.3) is 0 Å². The molecule has 0 aliphatic rings. The van der Waals surface area contributed by atoms with Crippen molar-refractivity contribution in [3.8, 4) is 17.2 Å². The first-order valence-electron chi connectivity index (χ1n) is 8.10. The first-order valence-corrected chi connectivity index (χ1v) is 8.10. The molecule has 1 amide bonds. The SMILES string of the molecule is COc1cc(NC(=O)CN(CC(=O)O)c2ccccc2)cc(OC)c1OC. The molecule has 0 bridgehead atoms. The summed E-state index contributed by atoms with van der Waals surface area (Å²) < 4.78 is 15.8. The summed E-state index contributed by atoms with van der Waals surface area (Å²) in [5.41, 5.74) is 1.08. The van der Waals surface area contributed by atoms with E-state index in [2.05, 4.69) is 5.32 Å². The summed E-state index contributed by atoms with van der Waals surface area (Å²) in [4.78, 5) is 25.1. The molecule has 27 heavy (non-hydrogen) atoms. The van der Waals surface area contributed by atoms with Crippen LogP contribution >= 0.6 is 0 Å². The second-order valence-electron chi connectivity index (χ2n) is 5.55. The summed E-state index contributed by atoms with van der Waals surface area (Å²) in [6, 6.07) is 12.1. The second-order valence-corrected chi connectivity index (χ2v) is 5.55. The van der Waals surface area contributed by atoms with Crippen LogP contribution in [0.3, 0.4) is 0 Å². The van der Waals surface area contributed by atoms with Crippen LogP contribution in [0.25, 0.3) is 0 Å². The molecule has 8 heteroatoms. The number of carbonyl (C=O) groups is 2. The number of nitrogens with zero attached hydrogens (tertiary/aromatic N) is 1. The molecule has 0 aliphatic carbocycles. The highest BCUT2D eigenvalue weighted by Crippen LogP contribution is 2.39. The third-order valence-electron chi connectivity index (χ3n) is 3.73. The molecule has 0 fully saturated rings. The predicted molar refractivity (Wildman–Crippen MR) is 101 cm³/mol. The highest BCUT2D eigenvalue weighted by Gasteiger charge is 2.17. The van der Waals surface area contributed by atoms with Gasteiger partial charge in [-0.3, -0.25) is 9.59 Å². The van der Waals surface area contributed by atoms with Gasteiger partial charge in [-0.1, -0.05) is 18.2 Å². The van der Waals surface area contributed by atoms with Gasteiger partial charge in [-0.15, -0.1) is 0 Å². The Balaban J connectivity index is 2.19. The number of nitrogens with one attached hydrogen (secondary N) is 1. The molecule has 0 saturated heterocycles. The van der Waals surface area contributed by atoms with Gasteiger partial charge in [0.05, 0.1) is 27.9 Å². The van der Waals surface area contributed by atoms with Gasteiger partial charge in [0.2, 0.25) is 11.7 Å². The maximum Gasteiger partial charge on any atom is 0.323 e. The summed E-state index contributed by atoms with van der Waals surface area (Å²) in [7, 11) is 4.45. The third-order valence-corrected chi connectivity index (χ3v) is 3.73. The lowest BCUT2D eigenvalue weighted by molar-refractivity contribution is -0.135.